The van der Waals surface area contributed by atoms with Gasteiger partial charge >= 0.3 is 0 Å². The van der Waals surface area contributed by atoms with Crippen LogP contribution < -0.4 is 11.1 Å². The molecule has 0 aromatic carbocycles. The molecule has 1 saturated carbocycles. The fourth-order valence-corrected chi connectivity index (χ4v) is 1.75. The molecule has 5 nitrogen and oxygen atoms in total. The molecule has 2 rings (SSSR count). The van der Waals surface area contributed by atoms with Gasteiger partial charge < -0.3 is 16.3 Å². The molecule has 0 amide bonds. The molecule has 0 spiro atoms. The van der Waals surface area contributed by atoms with Gasteiger partial charge in [0.25, 0.3) is 0 Å². The number of nitrogens with two attached hydrogens (primary N) is 1. The van der Waals surface area contributed by atoms with E-state index in [2.05, 4.69) is 22.4 Å². The maximum Gasteiger partial charge on any atom is 0.189 e. The van der Waals surface area contributed by atoms with Crippen LogP contribution >= 0.6 is 0 Å². The summed E-state index contributed by atoms with van der Waals surface area (Å²) in [6.45, 7) is 3.96. The minimum Gasteiger partial charge on any atom is -0.409 e. The van der Waals surface area contributed by atoms with E-state index in [1.165, 1.54) is 12.8 Å². The van der Waals surface area contributed by atoms with Crippen molar-refractivity contribution >= 4 is 5.84 Å². The Hall–Kier alpha value is -1.62. The third kappa shape index (κ3) is 2.94. The Morgan fingerprint density at radius 3 is 3.06 bits per heavy atom. The SMILES string of the molecule is CC1(CNCc2cccnc2/C(N)=N/O)CC1. The molecular formula is C12H18N4O. The highest BCUT2D eigenvalue weighted by atomic mass is 16.4. The van der Waals surface area contributed by atoms with Gasteiger partial charge in [-0.3, -0.25) is 4.98 Å². The lowest BCUT2D eigenvalue weighted by Crippen LogP contribution is -2.24. The Labute approximate surface area is 101 Å². The van der Waals surface area contributed by atoms with Crippen LogP contribution in [-0.4, -0.2) is 22.6 Å². The number of oxime groups is 1. The first-order chi connectivity index (χ1) is 8.14. The molecule has 0 aliphatic heterocycles. The topological polar surface area (TPSA) is 83.5 Å². The lowest BCUT2D eigenvalue weighted by atomic mass is 10.1. The number of aromatic nitrogens is 1. The van der Waals surface area contributed by atoms with E-state index in [1.54, 1.807) is 6.20 Å². The van der Waals surface area contributed by atoms with Crippen LogP contribution in [0, 0.1) is 5.41 Å². The quantitative estimate of drug-likeness (QED) is 0.308. The van der Waals surface area contributed by atoms with Crippen LogP contribution in [0.4, 0.5) is 0 Å². The van der Waals surface area contributed by atoms with Crippen LogP contribution in [0.25, 0.3) is 0 Å². The van der Waals surface area contributed by atoms with Crippen molar-refractivity contribution in [3.63, 3.8) is 0 Å². The smallest absolute Gasteiger partial charge is 0.189 e. The molecular weight excluding hydrogens is 216 g/mol. The highest BCUT2D eigenvalue weighted by Crippen LogP contribution is 2.44. The summed E-state index contributed by atoms with van der Waals surface area (Å²) in [5, 5.41) is 15.1. The van der Waals surface area contributed by atoms with E-state index in [9.17, 15) is 0 Å². The minimum absolute atomic E-state index is 0.0556. The van der Waals surface area contributed by atoms with Gasteiger partial charge in [-0.05, 0) is 29.9 Å². The fraction of sp³-hybridized carbons (Fsp3) is 0.500. The molecule has 0 atom stereocenters. The zero-order chi connectivity index (χ0) is 12.3. The van der Waals surface area contributed by atoms with Crippen molar-refractivity contribution in [3.05, 3.63) is 29.6 Å². The summed E-state index contributed by atoms with van der Waals surface area (Å²) in [5.41, 5.74) is 7.54. The molecule has 0 radical (unpaired) electrons. The van der Waals surface area contributed by atoms with Crippen molar-refractivity contribution in [1.29, 1.82) is 0 Å². The Balaban J connectivity index is 1.99. The van der Waals surface area contributed by atoms with Crippen molar-refractivity contribution < 1.29 is 5.21 Å². The number of nitrogens with zero attached hydrogens (tertiary/aromatic N) is 2. The maximum absolute atomic E-state index is 8.68. The summed E-state index contributed by atoms with van der Waals surface area (Å²) in [7, 11) is 0. The third-order valence-corrected chi connectivity index (χ3v) is 3.21. The normalized spacial score (nSPS) is 18.1. The summed E-state index contributed by atoms with van der Waals surface area (Å²) in [6, 6.07) is 3.78. The predicted molar refractivity (Wildman–Crippen MR) is 65.8 cm³/mol. The Bertz CT molecular complexity index is 426. The molecule has 1 aromatic rings. The van der Waals surface area contributed by atoms with Crippen molar-refractivity contribution in [1.82, 2.24) is 10.3 Å². The molecule has 5 heteroatoms. The molecule has 1 aliphatic rings. The number of rotatable bonds is 5. The van der Waals surface area contributed by atoms with E-state index in [4.69, 9.17) is 10.9 Å². The average Bonchev–Trinajstić information content (AvgIpc) is 3.07. The molecule has 1 aliphatic carbocycles. The fourth-order valence-electron chi connectivity index (χ4n) is 1.75. The lowest BCUT2D eigenvalue weighted by Gasteiger charge is -2.11. The molecule has 0 unspecified atom stereocenters. The second kappa shape index (κ2) is 4.71. The second-order valence-corrected chi connectivity index (χ2v) is 4.91. The Morgan fingerprint density at radius 1 is 1.65 bits per heavy atom. The summed E-state index contributed by atoms with van der Waals surface area (Å²) in [4.78, 5) is 4.12. The van der Waals surface area contributed by atoms with Gasteiger partial charge in [-0.1, -0.05) is 18.1 Å². The number of pyridine rings is 1. The van der Waals surface area contributed by atoms with E-state index in [1.807, 2.05) is 12.1 Å². The molecule has 17 heavy (non-hydrogen) atoms. The first kappa shape index (κ1) is 11.9. The first-order valence-corrected chi connectivity index (χ1v) is 5.77. The van der Waals surface area contributed by atoms with Crippen LogP contribution in [0.1, 0.15) is 31.0 Å². The first-order valence-electron chi connectivity index (χ1n) is 5.77. The Kier molecular flexibility index (Phi) is 3.28. The van der Waals surface area contributed by atoms with E-state index >= 15 is 0 Å². The van der Waals surface area contributed by atoms with Gasteiger partial charge in [-0.25, -0.2) is 0 Å². The molecule has 4 N–H and O–H groups in total. The van der Waals surface area contributed by atoms with Gasteiger partial charge in [0.1, 0.15) is 5.69 Å². The Morgan fingerprint density at radius 2 is 2.41 bits per heavy atom. The van der Waals surface area contributed by atoms with Crippen molar-refractivity contribution in [2.24, 2.45) is 16.3 Å². The summed E-state index contributed by atoms with van der Waals surface area (Å²) < 4.78 is 0. The van der Waals surface area contributed by atoms with E-state index in [0.29, 0.717) is 17.7 Å². The van der Waals surface area contributed by atoms with E-state index in [-0.39, 0.29) is 5.84 Å². The summed E-state index contributed by atoms with van der Waals surface area (Å²) in [6.07, 6.45) is 4.22. The summed E-state index contributed by atoms with van der Waals surface area (Å²) in [5.74, 6) is 0.0556. The van der Waals surface area contributed by atoms with Crippen LogP contribution in [0.5, 0.6) is 0 Å². The van der Waals surface area contributed by atoms with Gasteiger partial charge in [0.15, 0.2) is 5.84 Å². The van der Waals surface area contributed by atoms with Gasteiger partial charge in [0.2, 0.25) is 0 Å². The summed E-state index contributed by atoms with van der Waals surface area (Å²) >= 11 is 0. The molecule has 0 bridgehead atoms. The van der Waals surface area contributed by atoms with Crippen molar-refractivity contribution in [2.45, 2.75) is 26.3 Å². The molecule has 1 aromatic heterocycles. The van der Waals surface area contributed by atoms with Gasteiger partial charge in [-0.2, -0.15) is 0 Å². The molecule has 1 fully saturated rings. The van der Waals surface area contributed by atoms with Gasteiger partial charge in [0, 0.05) is 19.3 Å². The highest BCUT2D eigenvalue weighted by molar-refractivity contribution is 5.96. The number of hydrogen-bond acceptors (Lipinski definition) is 4. The monoisotopic (exact) mass is 234 g/mol. The predicted octanol–water partition coefficient (Wildman–Crippen LogP) is 1.07. The minimum atomic E-state index is 0.0556. The lowest BCUT2D eigenvalue weighted by molar-refractivity contribution is 0.318. The van der Waals surface area contributed by atoms with Crippen LogP contribution in [-0.2, 0) is 6.54 Å². The van der Waals surface area contributed by atoms with E-state index < -0.39 is 0 Å². The largest absolute Gasteiger partial charge is 0.409 e. The van der Waals surface area contributed by atoms with Crippen molar-refractivity contribution in [2.75, 3.05) is 6.54 Å². The second-order valence-electron chi connectivity index (χ2n) is 4.91. The zero-order valence-electron chi connectivity index (χ0n) is 9.98. The molecule has 92 valence electrons. The molecule has 1 heterocycles. The van der Waals surface area contributed by atoms with Crippen LogP contribution in [0.3, 0.4) is 0 Å². The standard InChI is InChI=1S/C12H18N4O/c1-12(4-5-12)8-14-7-9-3-2-6-15-10(9)11(13)16-17/h2-3,6,14,17H,4-5,7-8H2,1H3,(H2,13,16). The third-order valence-electron chi connectivity index (χ3n) is 3.21. The molecule has 0 saturated heterocycles. The number of hydrogen-bond donors (Lipinski definition) is 3. The van der Waals surface area contributed by atoms with E-state index in [0.717, 1.165) is 12.1 Å². The average molecular weight is 234 g/mol. The van der Waals surface area contributed by atoms with Crippen molar-refractivity contribution in [3.8, 4) is 0 Å². The van der Waals surface area contributed by atoms with Gasteiger partial charge in [0.05, 0.1) is 0 Å². The van der Waals surface area contributed by atoms with Crippen LogP contribution in [0.15, 0.2) is 23.5 Å². The number of amidine groups is 1. The maximum atomic E-state index is 8.68. The van der Waals surface area contributed by atoms with Crippen LogP contribution in [0.2, 0.25) is 0 Å². The van der Waals surface area contributed by atoms with Gasteiger partial charge in [-0.15, -0.1) is 0 Å². The zero-order valence-corrected chi connectivity index (χ0v) is 9.98. The number of nitrogens with one attached hydrogen (secondary N) is 1. The highest BCUT2D eigenvalue weighted by Gasteiger charge is 2.36.